The van der Waals surface area contributed by atoms with Crippen molar-refractivity contribution in [2.45, 2.75) is 148 Å². The van der Waals surface area contributed by atoms with E-state index in [1.807, 2.05) is 6.08 Å². The Kier molecular flexibility index (Phi) is 29.9. The van der Waals surface area contributed by atoms with E-state index >= 15 is 0 Å². The molecule has 0 bridgehead atoms. The number of nitrogens with one attached hydrogen (secondary N) is 1. The number of amides is 1. The minimum Gasteiger partial charge on any atom is -0.480 e. The predicted molar refractivity (Wildman–Crippen MR) is 180 cm³/mol. The van der Waals surface area contributed by atoms with E-state index in [9.17, 15) is 14.4 Å². The SMILES string of the molecule is CC/C=C\C/C=C\C/C=C\C/C=C\CCCCCCCCC(=O)OC(/C=C\CCC)CCCCCCC(=O)NCC(=O)O. The molecule has 0 saturated heterocycles. The summed E-state index contributed by atoms with van der Waals surface area (Å²) in [4.78, 5) is 34.5. The van der Waals surface area contributed by atoms with Gasteiger partial charge in [0.1, 0.15) is 12.6 Å². The van der Waals surface area contributed by atoms with E-state index in [0.29, 0.717) is 12.8 Å². The summed E-state index contributed by atoms with van der Waals surface area (Å²) < 4.78 is 5.77. The zero-order chi connectivity index (χ0) is 31.6. The molecular weight excluding hydrogens is 538 g/mol. The van der Waals surface area contributed by atoms with Gasteiger partial charge in [-0.3, -0.25) is 14.4 Å². The molecule has 1 atom stereocenters. The lowest BCUT2D eigenvalue weighted by Crippen LogP contribution is -2.28. The van der Waals surface area contributed by atoms with Crippen molar-refractivity contribution in [3.8, 4) is 0 Å². The number of hydrogen-bond donors (Lipinski definition) is 2. The maximum absolute atomic E-state index is 12.4. The molecule has 6 heteroatoms. The van der Waals surface area contributed by atoms with Gasteiger partial charge < -0.3 is 15.2 Å². The Labute approximate surface area is 262 Å². The Morgan fingerprint density at radius 2 is 1.21 bits per heavy atom. The number of carboxylic acids is 1. The molecule has 0 aliphatic rings. The van der Waals surface area contributed by atoms with Gasteiger partial charge in [-0.1, -0.05) is 113 Å². The number of rotatable bonds is 29. The minimum absolute atomic E-state index is 0.111. The maximum Gasteiger partial charge on any atom is 0.322 e. The Bertz CT molecular complexity index is 840. The van der Waals surface area contributed by atoms with Crippen LogP contribution < -0.4 is 5.32 Å². The van der Waals surface area contributed by atoms with E-state index in [2.05, 4.69) is 73.8 Å². The van der Waals surface area contributed by atoms with Crippen molar-refractivity contribution in [2.75, 3.05) is 6.54 Å². The van der Waals surface area contributed by atoms with Crippen LogP contribution >= 0.6 is 0 Å². The molecule has 0 spiro atoms. The molecule has 244 valence electrons. The van der Waals surface area contributed by atoms with Gasteiger partial charge in [0.15, 0.2) is 0 Å². The highest BCUT2D eigenvalue weighted by Gasteiger charge is 2.11. The summed E-state index contributed by atoms with van der Waals surface area (Å²) in [6.07, 6.45) is 41.0. The highest BCUT2D eigenvalue weighted by Crippen LogP contribution is 2.14. The van der Waals surface area contributed by atoms with E-state index < -0.39 is 5.97 Å². The Morgan fingerprint density at radius 3 is 1.84 bits per heavy atom. The summed E-state index contributed by atoms with van der Waals surface area (Å²) in [5.41, 5.74) is 0. The molecule has 0 fully saturated rings. The van der Waals surface area contributed by atoms with Crippen LogP contribution in [0.3, 0.4) is 0 Å². The number of carboxylic acid groups (broad SMARTS) is 1. The first-order valence-electron chi connectivity index (χ1n) is 16.9. The highest BCUT2D eigenvalue weighted by atomic mass is 16.5. The lowest BCUT2D eigenvalue weighted by Gasteiger charge is -2.15. The molecule has 0 aliphatic carbocycles. The fourth-order valence-corrected chi connectivity index (χ4v) is 4.42. The number of ether oxygens (including phenoxy) is 1. The number of carbonyl (C=O) groups is 3. The summed E-state index contributed by atoms with van der Waals surface area (Å²) in [6, 6.07) is 0. The number of esters is 1. The van der Waals surface area contributed by atoms with Crippen molar-refractivity contribution in [1.29, 1.82) is 0 Å². The van der Waals surface area contributed by atoms with Crippen molar-refractivity contribution < 1.29 is 24.2 Å². The van der Waals surface area contributed by atoms with E-state index in [1.165, 1.54) is 19.3 Å². The van der Waals surface area contributed by atoms with Crippen LogP contribution in [0.5, 0.6) is 0 Å². The molecule has 0 radical (unpaired) electrons. The average Bonchev–Trinajstić information content (AvgIpc) is 2.98. The number of hydrogen-bond acceptors (Lipinski definition) is 4. The molecule has 2 N–H and O–H groups in total. The zero-order valence-electron chi connectivity index (χ0n) is 27.3. The second-order valence-electron chi connectivity index (χ2n) is 11.0. The molecule has 0 heterocycles. The molecule has 0 aliphatic heterocycles. The molecule has 0 rings (SSSR count). The van der Waals surface area contributed by atoms with Crippen LogP contribution in [0.1, 0.15) is 142 Å². The second-order valence-corrected chi connectivity index (χ2v) is 11.0. The van der Waals surface area contributed by atoms with Crippen LogP contribution in [0.25, 0.3) is 0 Å². The first-order valence-corrected chi connectivity index (χ1v) is 16.9. The van der Waals surface area contributed by atoms with Gasteiger partial charge in [0, 0.05) is 12.8 Å². The molecule has 0 saturated carbocycles. The molecule has 1 unspecified atom stereocenters. The third-order valence-corrected chi connectivity index (χ3v) is 6.89. The Morgan fingerprint density at radius 1 is 0.651 bits per heavy atom. The van der Waals surface area contributed by atoms with Gasteiger partial charge in [0.05, 0.1) is 0 Å². The molecule has 43 heavy (non-hydrogen) atoms. The van der Waals surface area contributed by atoms with E-state index in [0.717, 1.165) is 96.3 Å². The van der Waals surface area contributed by atoms with Gasteiger partial charge in [-0.15, -0.1) is 0 Å². The Hall–Kier alpha value is -2.89. The molecule has 0 aromatic rings. The molecular formula is C37H61NO5. The summed E-state index contributed by atoms with van der Waals surface area (Å²) in [5, 5.41) is 11.0. The van der Waals surface area contributed by atoms with Gasteiger partial charge in [-0.2, -0.15) is 0 Å². The van der Waals surface area contributed by atoms with Crippen LogP contribution in [0.4, 0.5) is 0 Å². The standard InChI is InChI=1S/C37H61NO5/c1-3-5-7-8-9-10-11-12-13-14-15-16-17-18-19-20-21-22-28-32-37(42)43-34(29-25-6-4-2)30-26-23-24-27-31-35(39)38-33-36(40)41/h5,7,9-10,12-13,15-16,25,29,34H,3-4,6,8,11,14,17-24,26-28,30-33H2,1-2H3,(H,38,39)(H,40,41)/b7-5-,10-9-,13-12-,16-15-,29-25-. The van der Waals surface area contributed by atoms with Crippen LogP contribution in [-0.2, 0) is 19.1 Å². The lowest BCUT2D eigenvalue weighted by atomic mass is 10.1. The van der Waals surface area contributed by atoms with Gasteiger partial charge in [-0.05, 0) is 76.7 Å². The van der Waals surface area contributed by atoms with Gasteiger partial charge >= 0.3 is 11.9 Å². The van der Waals surface area contributed by atoms with Gasteiger partial charge in [0.2, 0.25) is 5.91 Å². The zero-order valence-corrected chi connectivity index (χ0v) is 27.3. The number of allylic oxidation sites excluding steroid dienone is 9. The van der Waals surface area contributed by atoms with Gasteiger partial charge in [-0.25, -0.2) is 0 Å². The first-order chi connectivity index (χ1) is 21.0. The average molecular weight is 600 g/mol. The van der Waals surface area contributed by atoms with Crippen LogP contribution in [0.2, 0.25) is 0 Å². The third-order valence-electron chi connectivity index (χ3n) is 6.89. The summed E-state index contributed by atoms with van der Waals surface area (Å²) in [7, 11) is 0. The van der Waals surface area contributed by atoms with Crippen molar-refractivity contribution in [3.05, 3.63) is 60.8 Å². The van der Waals surface area contributed by atoms with Crippen LogP contribution in [0.15, 0.2) is 60.8 Å². The number of carbonyl (C=O) groups excluding carboxylic acids is 2. The normalized spacial score (nSPS) is 12.8. The van der Waals surface area contributed by atoms with Crippen LogP contribution in [-0.4, -0.2) is 35.6 Å². The summed E-state index contributed by atoms with van der Waals surface area (Å²) in [5.74, 6) is -1.37. The maximum atomic E-state index is 12.4. The highest BCUT2D eigenvalue weighted by molar-refractivity contribution is 5.80. The van der Waals surface area contributed by atoms with Crippen LogP contribution in [0, 0.1) is 0 Å². The Balaban J connectivity index is 3.88. The minimum atomic E-state index is -1.03. The van der Waals surface area contributed by atoms with Crippen molar-refractivity contribution >= 4 is 17.8 Å². The third kappa shape index (κ3) is 31.9. The molecule has 6 nitrogen and oxygen atoms in total. The number of unbranched alkanes of at least 4 members (excludes halogenated alkanes) is 10. The summed E-state index contributed by atoms with van der Waals surface area (Å²) in [6.45, 7) is 3.95. The topological polar surface area (TPSA) is 92.7 Å². The lowest BCUT2D eigenvalue weighted by molar-refractivity contribution is -0.147. The van der Waals surface area contributed by atoms with Crippen molar-refractivity contribution in [3.63, 3.8) is 0 Å². The first kappa shape index (κ1) is 40.1. The quantitative estimate of drug-likeness (QED) is 0.0507. The van der Waals surface area contributed by atoms with Crippen molar-refractivity contribution in [2.24, 2.45) is 0 Å². The van der Waals surface area contributed by atoms with E-state index in [4.69, 9.17) is 9.84 Å². The smallest absolute Gasteiger partial charge is 0.322 e. The molecule has 0 aromatic carbocycles. The monoisotopic (exact) mass is 599 g/mol. The van der Waals surface area contributed by atoms with Crippen molar-refractivity contribution in [1.82, 2.24) is 5.32 Å². The fourth-order valence-electron chi connectivity index (χ4n) is 4.42. The summed E-state index contributed by atoms with van der Waals surface area (Å²) >= 11 is 0. The second kappa shape index (κ2) is 32.0. The van der Waals surface area contributed by atoms with Gasteiger partial charge in [0.25, 0.3) is 0 Å². The molecule has 1 amide bonds. The fraction of sp³-hybridized carbons (Fsp3) is 0.649. The van der Waals surface area contributed by atoms with E-state index in [-0.39, 0.29) is 24.5 Å². The largest absolute Gasteiger partial charge is 0.480 e. The van der Waals surface area contributed by atoms with E-state index in [1.54, 1.807) is 0 Å². The number of aliphatic carboxylic acids is 1. The predicted octanol–water partition coefficient (Wildman–Crippen LogP) is 9.72. The molecule has 0 aromatic heterocycles.